The lowest BCUT2D eigenvalue weighted by Crippen LogP contribution is -2.18. The van der Waals surface area contributed by atoms with Gasteiger partial charge in [-0.25, -0.2) is 4.39 Å². The van der Waals surface area contributed by atoms with Crippen LogP contribution in [0.25, 0.3) is 0 Å². The highest BCUT2D eigenvalue weighted by molar-refractivity contribution is 5.29. The predicted octanol–water partition coefficient (Wildman–Crippen LogP) is 1.98. The van der Waals surface area contributed by atoms with E-state index in [0.717, 1.165) is 12.1 Å². The van der Waals surface area contributed by atoms with Crippen LogP contribution in [0.3, 0.4) is 0 Å². The van der Waals surface area contributed by atoms with Gasteiger partial charge < -0.3 is 19.5 Å². The van der Waals surface area contributed by atoms with E-state index in [1.807, 2.05) is 13.0 Å². The maximum atomic E-state index is 13.7. The topological polar surface area (TPSA) is 39.7 Å². The van der Waals surface area contributed by atoms with Crippen molar-refractivity contribution in [3.05, 3.63) is 29.6 Å². The van der Waals surface area contributed by atoms with E-state index >= 15 is 0 Å². The van der Waals surface area contributed by atoms with Gasteiger partial charge in [-0.2, -0.15) is 0 Å². The number of hydrogen-bond acceptors (Lipinski definition) is 4. The summed E-state index contributed by atoms with van der Waals surface area (Å²) in [6.45, 7) is 5.36. The van der Waals surface area contributed by atoms with Crippen LogP contribution in [0, 0.1) is 5.82 Å². The molecule has 19 heavy (non-hydrogen) atoms. The Bertz CT molecular complexity index is 361. The summed E-state index contributed by atoms with van der Waals surface area (Å²) in [6.07, 6.45) is 0. The molecule has 108 valence electrons. The maximum absolute atomic E-state index is 13.7. The van der Waals surface area contributed by atoms with Crippen molar-refractivity contribution < 1.29 is 18.6 Å². The molecule has 0 heterocycles. The number of methoxy groups -OCH3 is 1. The van der Waals surface area contributed by atoms with Crippen LogP contribution in [0.1, 0.15) is 12.5 Å². The number of halogens is 1. The fourth-order valence-electron chi connectivity index (χ4n) is 1.53. The van der Waals surface area contributed by atoms with Gasteiger partial charge in [0.25, 0.3) is 0 Å². The fraction of sp³-hybridized carbons (Fsp3) is 0.571. The minimum absolute atomic E-state index is 0.264. The first kappa shape index (κ1) is 15.9. The molecule has 1 N–H and O–H groups in total. The highest BCUT2D eigenvalue weighted by Crippen LogP contribution is 2.18. The van der Waals surface area contributed by atoms with Gasteiger partial charge in [0.05, 0.1) is 13.2 Å². The highest BCUT2D eigenvalue weighted by Gasteiger charge is 2.04. The Balaban J connectivity index is 2.36. The zero-order valence-electron chi connectivity index (χ0n) is 11.6. The van der Waals surface area contributed by atoms with Crippen molar-refractivity contribution in [2.45, 2.75) is 13.5 Å². The summed E-state index contributed by atoms with van der Waals surface area (Å²) in [7, 11) is 1.65. The average Bonchev–Trinajstić information content (AvgIpc) is 2.42. The SMILES string of the molecule is CCOCCOc1ccc(CNCCOC)cc1F. The molecule has 0 aliphatic carbocycles. The molecule has 0 radical (unpaired) electrons. The van der Waals surface area contributed by atoms with Crippen molar-refractivity contribution in [1.29, 1.82) is 0 Å². The molecule has 0 amide bonds. The van der Waals surface area contributed by atoms with Gasteiger partial charge in [-0.1, -0.05) is 6.07 Å². The van der Waals surface area contributed by atoms with Gasteiger partial charge in [0.15, 0.2) is 11.6 Å². The lowest BCUT2D eigenvalue weighted by molar-refractivity contribution is 0.108. The molecule has 0 aromatic heterocycles. The number of benzene rings is 1. The van der Waals surface area contributed by atoms with Gasteiger partial charge in [-0.05, 0) is 24.6 Å². The Hall–Kier alpha value is -1.17. The van der Waals surface area contributed by atoms with Crippen LogP contribution in [0.4, 0.5) is 4.39 Å². The van der Waals surface area contributed by atoms with Crippen LogP contribution in [0.15, 0.2) is 18.2 Å². The summed E-state index contributed by atoms with van der Waals surface area (Å²) in [6, 6.07) is 4.98. The molecule has 4 nitrogen and oxygen atoms in total. The number of rotatable bonds is 10. The molecule has 0 saturated carbocycles. The van der Waals surface area contributed by atoms with E-state index in [1.165, 1.54) is 6.07 Å². The normalized spacial score (nSPS) is 10.7. The predicted molar refractivity (Wildman–Crippen MR) is 72.0 cm³/mol. The highest BCUT2D eigenvalue weighted by atomic mass is 19.1. The molecular weight excluding hydrogens is 249 g/mol. The summed E-state index contributed by atoms with van der Waals surface area (Å²) >= 11 is 0. The Kier molecular flexibility index (Phi) is 8.13. The van der Waals surface area contributed by atoms with E-state index in [-0.39, 0.29) is 11.6 Å². The third-order valence-corrected chi connectivity index (χ3v) is 2.50. The number of ether oxygens (including phenoxy) is 3. The Morgan fingerprint density at radius 3 is 2.74 bits per heavy atom. The van der Waals surface area contributed by atoms with E-state index < -0.39 is 0 Å². The molecule has 0 bridgehead atoms. The first-order chi connectivity index (χ1) is 9.27. The summed E-state index contributed by atoms with van der Waals surface area (Å²) in [5, 5.41) is 3.16. The molecular formula is C14H22FNO3. The minimum atomic E-state index is -0.345. The smallest absolute Gasteiger partial charge is 0.165 e. The zero-order valence-corrected chi connectivity index (χ0v) is 11.6. The zero-order chi connectivity index (χ0) is 13.9. The molecule has 0 atom stereocenters. The second-order valence-corrected chi connectivity index (χ2v) is 3.98. The van der Waals surface area contributed by atoms with Crippen LogP contribution in [0.5, 0.6) is 5.75 Å². The minimum Gasteiger partial charge on any atom is -0.488 e. The summed E-state index contributed by atoms with van der Waals surface area (Å²) in [4.78, 5) is 0. The van der Waals surface area contributed by atoms with Gasteiger partial charge in [0.1, 0.15) is 6.61 Å². The lowest BCUT2D eigenvalue weighted by atomic mass is 10.2. The lowest BCUT2D eigenvalue weighted by Gasteiger charge is -2.09. The molecule has 0 spiro atoms. The van der Waals surface area contributed by atoms with Crippen LogP contribution < -0.4 is 10.1 Å². The van der Waals surface area contributed by atoms with Crippen LogP contribution in [-0.4, -0.2) is 40.1 Å². The molecule has 0 saturated heterocycles. The molecule has 5 heteroatoms. The van der Waals surface area contributed by atoms with Crippen molar-refractivity contribution >= 4 is 0 Å². The van der Waals surface area contributed by atoms with E-state index in [4.69, 9.17) is 14.2 Å². The summed E-state index contributed by atoms with van der Waals surface area (Å²) in [5.74, 6) is -0.0807. The molecule has 0 aliphatic heterocycles. The second-order valence-electron chi connectivity index (χ2n) is 3.98. The monoisotopic (exact) mass is 271 g/mol. The van der Waals surface area contributed by atoms with Crippen LogP contribution in [-0.2, 0) is 16.0 Å². The fourth-order valence-corrected chi connectivity index (χ4v) is 1.53. The first-order valence-corrected chi connectivity index (χ1v) is 6.46. The van der Waals surface area contributed by atoms with Crippen molar-refractivity contribution in [2.24, 2.45) is 0 Å². The third kappa shape index (κ3) is 6.52. The van der Waals surface area contributed by atoms with Crippen molar-refractivity contribution in [3.63, 3.8) is 0 Å². The molecule has 0 fully saturated rings. The van der Waals surface area contributed by atoms with Crippen molar-refractivity contribution in [1.82, 2.24) is 5.32 Å². The largest absolute Gasteiger partial charge is 0.488 e. The third-order valence-electron chi connectivity index (χ3n) is 2.50. The van der Waals surface area contributed by atoms with E-state index in [0.29, 0.717) is 33.0 Å². The molecule has 0 unspecified atom stereocenters. The molecule has 1 aromatic carbocycles. The Labute approximate surface area is 113 Å². The standard InChI is InChI=1S/C14H22FNO3/c1-3-18-8-9-19-14-5-4-12(10-13(14)15)11-16-6-7-17-2/h4-5,10,16H,3,6-9,11H2,1-2H3. The quantitative estimate of drug-likeness (QED) is 0.661. The van der Waals surface area contributed by atoms with Crippen molar-refractivity contribution in [3.8, 4) is 5.75 Å². The molecule has 0 aliphatic rings. The maximum Gasteiger partial charge on any atom is 0.165 e. The summed E-state index contributed by atoms with van der Waals surface area (Å²) in [5.41, 5.74) is 0.880. The van der Waals surface area contributed by atoms with Crippen molar-refractivity contribution in [2.75, 3.05) is 40.1 Å². The van der Waals surface area contributed by atoms with E-state index in [9.17, 15) is 4.39 Å². The van der Waals surface area contributed by atoms with Crippen LogP contribution >= 0.6 is 0 Å². The molecule has 1 aromatic rings. The van der Waals surface area contributed by atoms with E-state index in [2.05, 4.69) is 5.32 Å². The van der Waals surface area contributed by atoms with Gasteiger partial charge in [0, 0.05) is 26.8 Å². The summed E-state index contributed by atoms with van der Waals surface area (Å²) < 4.78 is 29.1. The Morgan fingerprint density at radius 1 is 1.21 bits per heavy atom. The van der Waals surface area contributed by atoms with Gasteiger partial charge in [-0.15, -0.1) is 0 Å². The van der Waals surface area contributed by atoms with Crippen LogP contribution in [0.2, 0.25) is 0 Å². The number of nitrogens with one attached hydrogen (secondary N) is 1. The Morgan fingerprint density at radius 2 is 2.05 bits per heavy atom. The van der Waals surface area contributed by atoms with E-state index in [1.54, 1.807) is 13.2 Å². The van der Waals surface area contributed by atoms with Gasteiger partial charge in [-0.3, -0.25) is 0 Å². The average molecular weight is 271 g/mol. The van der Waals surface area contributed by atoms with Gasteiger partial charge >= 0.3 is 0 Å². The number of hydrogen-bond donors (Lipinski definition) is 1. The second kappa shape index (κ2) is 9.72. The van der Waals surface area contributed by atoms with Gasteiger partial charge in [0.2, 0.25) is 0 Å². The molecule has 1 rings (SSSR count). The first-order valence-electron chi connectivity index (χ1n) is 6.46.